The highest BCUT2D eigenvalue weighted by atomic mass is 35.5. The third-order valence-electron chi connectivity index (χ3n) is 5.12. The van der Waals surface area contributed by atoms with E-state index in [9.17, 15) is 9.18 Å². The second-order valence-corrected chi connectivity index (χ2v) is 6.67. The third-order valence-corrected chi connectivity index (χ3v) is 5.12. The van der Waals surface area contributed by atoms with Crippen molar-refractivity contribution >= 4 is 18.3 Å². The summed E-state index contributed by atoms with van der Waals surface area (Å²) in [4.78, 5) is 12.2. The number of hydrogen-bond acceptors (Lipinski definition) is 3. The van der Waals surface area contributed by atoms with Gasteiger partial charge in [-0.05, 0) is 49.9 Å². The molecule has 0 bridgehead atoms. The van der Waals surface area contributed by atoms with E-state index in [1.165, 1.54) is 12.1 Å². The molecule has 4 nitrogen and oxygen atoms in total. The molecule has 1 aromatic carbocycles. The molecule has 1 unspecified atom stereocenters. The Bertz CT molecular complexity index is 526. The monoisotopic (exact) mass is 356 g/mol. The number of carbonyl (C=O) groups is 1. The van der Waals surface area contributed by atoms with Gasteiger partial charge in [0, 0.05) is 37.6 Å². The highest BCUT2D eigenvalue weighted by Crippen LogP contribution is 2.34. The van der Waals surface area contributed by atoms with Gasteiger partial charge in [-0.1, -0.05) is 12.1 Å². The van der Waals surface area contributed by atoms with Crippen molar-refractivity contribution < 1.29 is 13.9 Å². The van der Waals surface area contributed by atoms with E-state index in [4.69, 9.17) is 4.74 Å². The molecule has 0 radical (unpaired) electrons. The summed E-state index contributed by atoms with van der Waals surface area (Å²) in [6, 6.07) is 6.98. The summed E-state index contributed by atoms with van der Waals surface area (Å²) in [6.07, 6.45) is 4.45. The molecule has 1 aromatic rings. The van der Waals surface area contributed by atoms with Gasteiger partial charge in [-0.15, -0.1) is 12.4 Å². The van der Waals surface area contributed by atoms with Crippen LogP contribution >= 0.6 is 12.4 Å². The van der Waals surface area contributed by atoms with E-state index in [0.717, 1.165) is 37.8 Å². The van der Waals surface area contributed by atoms with Gasteiger partial charge < -0.3 is 15.4 Å². The Labute approximate surface area is 148 Å². The lowest BCUT2D eigenvalue weighted by Crippen LogP contribution is -2.45. The first kappa shape index (κ1) is 19.2. The lowest BCUT2D eigenvalue weighted by molar-refractivity contribution is -0.122. The maximum absolute atomic E-state index is 13.2. The van der Waals surface area contributed by atoms with Crippen LogP contribution in [0.2, 0.25) is 0 Å². The molecule has 2 N–H and O–H groups in total. The van der Waals surface area contributed by atoms with Crippen molar-refractivity contribution in [1.82, 2.24) is 10.6 Å². The van der Waals surface area contributed by atoms with Gasteiger partial charge in [0.25, 0.3) is 0 Å². The Kier molecular flexibility index (Phi) is 7.02. The van der Waals surface area contributed by atoms with Crippen LogP contribution in [0, 0.1) is 5.82 Å². The van der Waals surface area contributed by atoms with Gasteiger partial charge in [0.2, 0.25) is 5.91 Å². The summed E-state index contributed by atoms with van der Waals surface area (Å²) in [7, 11) is 0. The molecule has 2 heterocycles. The third kappa shape index (κ3) is 4.68. The maximum atomic E-state index is 13.2. The number of hydrogen-bond donors (Lipinski definition) is 2. The molecule has 134 valence electrons. The van der Waals surface area contributed by atoms with Crippen LogP contribution in [0.3, 0.4) is 0 Å². The Morgan fingerprint density at radius 1 is 1.29 bits per heavy atom. The van der Waals surface area contributed by atoms with E-state index in [0.29, 0.717) is 32.2 Å². The van der Waals surface area contributed by atoms with Gasteiger partial charge in [0.05, 0.1) is 0 Å². The van der Waals surface area contributed by atoms with Gasteiger partial charge in [-0.2, -0.15) is 0 Å². The average molecular weight is 357 g/mol. The summed E-state index contributed by atoms with van der Waals surface area (Å²) in [5.41, 5.74) is 0.937. The zero-order valence-electron chi connectivity index (χ0n) is 13.9. The molecule has 2 saturated heterocycles. The van der Waals surface area contributed by atoms with Crippen molar-refractivity contribution in [1.29, 1.82) is 0 Å². The quantitative estimate of drug-likeness (QED) is 0.852. The predicted molar refractivity (Wildman–Crippen MR) is 94.0 cm³/mol. The number of amides is 1. The van der Waals surface area contributed by atoms with E-state index in [1.807, 2.05) is 12.1 Å². The molecule has 0 saturated carbocycles. The van der Waals surface area contributed by atoms with Crippen LogP contribution < -0.4 is 10.6 Å². The minimum Gasteiger partial charge on any atom is -0.381 e. The molecule has 6 heteroatoms. The second-order valence-electron chi connectivity index (χ2n) is 6.67. The van der Waals surface area contributed by atoms with E-state index >= 15 is 0 Å². The molecule has 0 aromatic heterocycles. The lowest BCUT2D eigenvalue weighted by Gasteiger charge is -2.38. The molecule has 0 spiro atoms. The lowest BCUT2D eigenvalue weighted by atomic mass is 9.74. The van der Waals surface area contributed by atoms with Gasteiger partial charge in [0.15, 0.2) is 0 Å². The summed E-state index contributed by atoms with van der Waals surface area (Å²) in [5, 5.41) is 6.46. The maximum Gasteiger partial charge on any atom is 0.221 e. The molecule has 1 atom stereocenters. The van der Waals surface area contributed by atoms with Crippen molar-refractivity contribution in [2.45, 2.75) is 43.6 Å². The fourth-order valence-electron chi connectivity index (χ4n) is 3.63. The van der Waals surface area contributed by atoms with Crippen molar-refractivity contribution in [3.63, 3.8) is 0 Å². The fraction of sp³-hybridized carbons (Fsp3) is 0.611. The van der Waals surface area contributed by atoms with E-state index in [-0.39, 0.29) is 29.5 Å². The van der Waals surface area contributed by atoms with Crippen LogP contribution in [0.25, 0.3) is 0 Å². The van der Waals surface area contributed by atoms with Crippen LogP contribution in [0.1, 0.15) is 37.7 Å². The summed E-state index contributed by atoms with van der Waals surface area (Å²) >= 11 is 0. The molecule has 2 aliphatic rings. The second kappa shape index (κ2) is 8.79. The molecule has 3 rings (SSSR count). The Morgan fingerprint density at radius 2 is 2.00 bits per heavy atom. The van der Waals surface area contributed by atoms with Crippen LogP contribution in [0.4, 0.5) is 4.39 Å². The number of rotatable bonds is 5. The van der Waals surface area contributed by atoms with E-state index in [1.54, 1.807) is 0 Å². The molecule has 2 aliphatic heterocycles. The largest absolute Gasteiger partial charge is 0.381 e. The highest BCUT2D eigenvalue weighted by Gasteiger charge is 2.35. The van der Waals surface area contributed by atoms with Crippen LogP contribution in [0.15, 0.2) is 24.3 Å². The van der Waals surface area contributed by atoms with E-state index < -0.39 is 0 Å². The van der Waals surface area contributed by atoms with Crippen LogP contribution in [-0.4, -0.2) is 38.3 Å². The van der Waals surface area contributed by atoms with Crippen molar-refractivity contribution in [2.24, 2.45) is 0 Å². The van der Waals surface area contributed by atoms with Gasteiger partial charge in [0.1, 0.15) is 5.82 Å². The summed E-state index contributed by atoms with van der Waals surface area (Å²) < 4.78 is 18.7. The topological polar surface area (TPSA) is 50.4 Å². The molecule has 24 heavy (non-hydrogen) atoms. The first-order valence-corrected chi connectivity index (χ1v) is 8.52. The molecule has 0 aliphatic carbocycles. The van der Waals surface area contributed by atoms with Crippen molar-refractivity contribution in [3.05, 3.63) is 35.6 Å². The minimum atomic E-state index is -0.229. The Morgan fingerprint density at radius 3 is 2.62 bits per heavy atom. The van der Waals surface area contributed by atoms with Crippen molar-refractivity contribution in [3.8, 4) is 0 Å². The van der Waals surface area contributed by atoms with Gasteiger partial charge in [-0.25, -0.2) is 4.39 Å². The fourth-order valence-corrected chi connectivity index (χ4v) is 3.63. The SMILES string of the molecule is Cl.O=C(CC1CCCN1)NCC1(c2ccc(F)cc2)CCOCC1. The number of halogens is 2. The minimum absolute atomic E-state index is 0. The number of ether oxygens (including phenoxy) is 1. The highest BCUT2D eigenvalue weighted by molar-refractivity contribution is 5.85. The smallest absolute Gasteiger partial charge is 0.221 e. The first-order valence-electron chi connectivity index (χ1n) is 8.52. The number of carbonyl (C=O) groups excluding carboxylic acids is 1. The van der Waals surface area contributed by atoms with E-state index in [2.05, 4.69) is 10.6 Å². The van der Waals surface area contributed by atoms with Gasteiger partial charge in [-0.3, -0.25) is 4.79 Å². The van der Waals surface area contributed by atoms with Gasteiger partial charge >= 0.3 is 0 Å². The molecular formula is C18H26ClFN2O2. The molecule has 1 amide bonds. The number of nitrogens with one attached hydrogen (secondary N) is 2. The zero-order valence-corrected chi connectivity index (χ0v) is 14.7. The average Bonchev–Trinajstić information content (AvgIpc) is 3.07. The Hall–Kier alpha value is -1.17. The summed E-state index contributed by atoms with van der Waals surface area (Å²) in [5.74, 6) is -0.135. The zero-order chi connectivity index (χ0) is 16.1. The molecular weight excluding hydrogens is 331 g/mol. The number of benzene rings is 1. The van der Waals surface area contributed by atoms with Crippen LogP contribution in [-0.2, 0) is 14.9 Å². The van der Waals surface area contributed by atoms with Crippen molar-refractivity contribution in [2.75, 3.05) is 26.3 Å². The first-order chi connectivity index (χ1) is 11.2. The summed E-state index contributed by atoms with van der Waals surface area (Å²) in [6.45, 7) is 2.96. The predicted octanol–water partition coefficient (Wildman–Crippen LogP) is 2.55. The standard InChI is InChI=1S/C18H25FN2O2.ClH/c19-15-5-3-14(4-6-15)18(7-10-23-11-8-18)13-21-17(22)12-16-2-1-9-20-16;/h3-6,16,20H,1-2,7-13H2,(H,21,22);1H. The Balaban J connectivity index is 0.00000208. The molecule has 2 fully saturated rings. The normalized spacial score (nSPS) is 22.6. The van der Waals surface area contributed by atoms with Crippen LogP contribution in [0.5, 0.6) is 0 Å².